The van der Waals surface area contributed by atoms with E-state index in [1.165, 1.54) is 36.9 Å². The zero-order valence-electron chi connectivity index (χ0n) is 14.8. The summed E-state index contributed by atoms with van der Waals surface area (Å²) in [6.45, 7) is 14.2. The zero-order chi connectivity index (χ0) is 15.7. The molecule has 1 heteroatoms. The lowest BCUT2D eigenvalue weighted by Gasteiger charge is -2.45. The first-order chi connectivity index (χ1) is 9.71. The minimum atomic E-state index is 0.441. The van der Waals surface area contributed by atoms with E-state index in [-0.39, 0.29) is 0 Å². The Morgan fingerprint density at radius 2 is 1.57 bits per heavy atom. The summed E-state index contributed by atoms with van der Waals surface area (Å²) in [5.74, 6) is 0.659. The Bertz CT molecular complexity index is 439. The third-order valence-corrected chi connectivity index (χ3v) is 5.02. The summed E-state index contributed by atoms with van der Waals surface area (Å²) in [4.78, 5) is 0. The standard InChI is InChI=1S/C20H33N/c1-7-15(2)16-8-10-17(11-9-16)21-18-12-19(3,4)14-20(5,6)13-18/h8-11,15,18,21H,7,12-14H2,1-6H3. The Hall–Kier alpha value is -0.980. The number of rotatable bonds is 4. The molecular formula is C20H33N. The quantitative estimate of drug-likeness (QED) is 0.693. The fourth-order valence-corrected chi connectivity index (χ4v) is 4.33. The molecule has 0 aliphatic heterocycles. The van der Waals surface area contributed by atoms with Gasteiger partial charge in [0.15, 0.2) is 0 Å². The van der Waals surface area contributed by atoms with E-state index >= 15 is 0 Å². The smallest absolute Gasteiger partial charge is 0.0342 e. The molecule has 118 valence electrons. The third-order valence-electron chi connectivity index (χ3n) is 5.02. The Morgan fingerprint density at radius 1 is 1.05 bits per heavy atom. The van der Waals surface area contributed by atoms with Gasteiger partial charge in [-0.1, -0.05) is 53.7 Å². The number of anilines is 1. The van der Waals surface area contributed by atoms with Crippen molar-refractivity contribution >= 4 is 5.69 Å². The van der Waals surface area contributed by atoms with Gasteiger partial charge in [0.1, 0.15) is 0 Å². The molecule has 0 amide bonds. The Labute approximate surface area is 131 Å². The van der Waals surface area contributed by atoms with E-state index in [4.69, 9.17) is 0 Å². The average Bonchev–Trinajstić information content (AvgIpc) is 2.35. The highest BCUT2D eigenvalue weighted by atomic mass is 14.9. The molecular weight excluding hydrogens is 254 g/mol. The van der Waals surface area contributed by atoms with Crippen LogP contribution in [0.25, 0.3) is 0 Å². The first-order valence-corrected chi connectivity index (χ1v) is 8.57. The molecule has 0 spiro atoms. The summed E-state index contributed by atoms with van der Waals surface area (Å²) in [6.07, 6.45) is 5.07. The van der Waals surface area contributed by atoms with Gasteiger partial charge in [-0.25, -0.2) is 0 Å². The van der Waals surface area contributed by atoms with Crippen molar-refractivity contribution in [1.29, 1.82) is 0 Å². The fraction of sp³-hybridized carbons (Fsp3) is 0.700. The normalized spacial score (nSPS) is 22.8. The van der Waals surface area contributed by atoms with Crippen LogP contribution in [-0.4, -0.2) is 6.04 Å². The molecule has 1 aliphatic carbocycles. The number of hydrogen-bond donors (Lipinski definition) is 1. The first kappa shape index (κ1) is 16.4. The van der Waals surface area contributed by atoms with E-state index < -0.39 is 0 Å². The molecule has 1 unspecified atom stereocenters. The molecule has 1 aromatic carbocycles. The maximum absolute atomic E-state index is 3.78. The topological polar surface area (TPSA) is 12.0 Å². The second-order valence-corrected chi connectivity index (χ2v) is 8.69. The van der Waals surface area contributed by atoms with E-state index in [2.05, 4.69) is 71.1 Å². The minimum absolute atomic E-state index is 0.441. The van der Waals surface area contributed by atoms with Crippen LogP contribution in [0.15, 0.2) is 24.3 Å². The van der Waals surface area contributed by atoms with Crippen molar-refractivity contribution in [3.05, 3.63) is 29.8 Å². The van der Waals surface area contributed by atoms with Gasteiger partial charge in [0.25, 0.3) is 0 Å². The monoisotopic (exact) mass is 287 g/mol. The maximum Gasteiger partial charge on any atom is 0.0342 e. The summed E-state index contributed by atoms with van der Waals surface area (Å²) in [6, 6.07) is 9.69. The molecule has 1 fully saturated rings. The Balaban J connectivity index is 2.04. The average molecular weight is 287 g/mol. The van der Waals surface area contributed by atoms with Crippen LogP contribution in [-0.2, 0) is 0 Å². The Morgan fingerprint density at radius 3 is 2.05 bits per heavy atom. The van der Waals surface area contributed by atoms with E-state index in [9.17, 15) is 0 Å². The van der Waals surface area contributed by atoms with Gasteiger partial charge >= 0.3 is 0 Å². The van der Waals surface area contributed by atoms with Gasteiger partial charge in [0.2, 0.25) is 0 Å². The van der Waals surface area contributed by atoms with Gasteiger partial charge < -0.3 is 5.32 Å². The first-order valence-electron chi connectivity index (χ1n) is 8.57. The second kappa shape index (κ2) is 6.02. The molecule has 1 N–H and O–H groups in total. The Kier molecular flexibility index (Phi) is 4.70. The van der Waals surface area contributed by atoms with E-state index in [0.717, 1.165) is 0 Å². The van der Waals surface area contributed by atoms with E-state index in [0.29, 0.717) is 22.8 Å². The zero-order valence-corrected chi connectivity index (χ0v) is 14.8. The van der Waals surface area contributed by atoms with Crippen LogP contribution in [0.3, 0.4) is 0 Å². The van der Waals surface area contributed by atoms with Crippen LogP contribution >= 0.6 is 0 Å². The van der Waals surface area contributed by atoms with Crippen molar-refractivity contribution in [3.63, 3.8) is 0 Å². The van der Waals surface area contributed by atoms with Gasteiger partial charge in [0, 0.05) is 11.7 Å². The molecule has 1 aromatic rings. The largest absolute Gasteiger partial charge is 0.382 e. The van der Waals surface area contributed by atoms with Crippen LogP contribution < -0.4 is 5.32 Å². The SMILES string of the molecule is CCC(C)c1ccc(NC2CC(C)(C)CC(C)(C)C2)cc1. The van der Waals surface area contributed by atoms with Crippen molar-refractivity contribution in [2.45, 2.75) is 79.2 Å². The van der Waals surface area contributed by atoms with Crippen LogP contribution in [0.1, 0.15) is 78.7 Å². The van der Waals surface area contributed by atoms with Crippen molar-refractivity contribution in [3.8, 4) is 0 Å². The van der Waals surface area contributed by atoms with Crippen LogP contribution in [0, 0.1) is 10.8 Å². The number of benzene rings is 1. The molecule has 0 saturated heterocycles. The summed E-state index contributed by atoms with van der Waals surface area (Å²) in [5, 5.41) is 3.78. The molecule has 1 saturated carbocycles. The van der Waals surface area contributed by atoms with Crippen LogP contribution in [0.4, 0.5) is 5.69 Å². The number of hydrogen-bond acceptors (Lipinski definition) is 1. The molecule has 0 aromatic heterocycles. The summed E-state index contributed by atoms with van der Waals surface area (Å²) in [7, 11) is 0. The second-order valence-electron chi connectivity index (χ2n) is 8.69. The summed E-state index contributed by atoms with van der Waals surface area (Å²) >= 11 is 0. The van der Waals surface area contributed by atoms with Crippen molar-refractivity contribution < 1.29 is 0 Å². The lowest BCUT2D eigenvalue weighted by atomic mass is 9.63. The van der Waals surface area contributed by atoms with Gasteiger partial charge in [-0.05, 0) is 60.1 Å². The molecule has 1 nitrogen and oxygen atoms in total. The highest BCUT2D eigenvalue weighted by molar-refractivity contribution is 5.46. The van der Waals surface area contributed by atoms with Crippen LogP contribution in [0.2, 0.25) is 0 Å². The highest BCUT2D eigenvalue weighted by Crippen LogP contribution is 2.46. The third kappa shape index (κ3) is 4.49. The molecule has 1 atom stereocenters. The van der Waals surface area contributed by atoms with Crippen molar-refractivity contribution in [2.24, 2.45) is 10.8 Å². The highest BCUT2D eigenvalue weighted by Gasteiger charge is 2.38. The van der Waals surface area contributed by atoms with E-state index in [1.54, 1.807) is 0 Å². The summed E-state index contributed by atoms with van der Waals surface area (Å²) < 4.78 is 0. The lowest BCUT2D eigenvalue weighted by Crippen LogP contribution is -2.40. The molecule has 0 heterocycles. The van der Waals surface area contributed by atoms with Gasteiger partial charge in [-0.15, -0.1) is 0 Å². The minimum Gasteiger partial charge on any atom is -0.382 e. The van der Waals surface area contributed by atoms with Crippen molar-refractivity contribution in [1.82, 2.24) is 0 Å². The maximum atomic E-state index is 3.78. The molecule has 0 radical (unpaired) electrons. The lowest BCUT2D eigenvalue weighted by molar-refractivity contribution is 0.105. The van der Waals surface area contributed by atoms with Crippen molar-refractivity contribution in [2.75, 3.05) is 5.32 Å². The molecule has 21 heavy (non-hydrogen) atoms. The number of nitrogens with one attached hydrogen (secondary N) is 1. The molecule has 0 bridgehead atoms. The van der Waals surface area contributed by atoms with Gasteiger partial charge in [0.05, 0.1) is 0 Å². The van der Waals surface area contributed by atoms with Gasteiger partial charge in [-0.3, -0.25) is 0 Å². The van der Waals surface area contributed by atoms with E-state index in [1.807, 2.05) is 0 Å². The van der Waals surface area contributed by atoms with Crippen LogP contribution in [0.5, 0.6) is 0 Å². The molecule has 1 aliphatic rings. The summed E-state index contributed by atoms with van der Waals surface area (Å²) in [5.41, 5.74) is 3.61. The fourth-order valence-electron chi connectivity index (χ4n) is 4.33. The molecule has 2 rings (SSSR count). The predicted molar refractivity (Wildman–Crippen MR) is 94.0 cm³/mol. The van der Waals surface area contributed by atoms with Gasteiger partial charge in [-0.2, -0.15) is 0 Å². The predicted octanol–water partition coefficient (Wildman–Crippen LogP) is 6.22.